The van der Waals surface area contributed by atoms with Crippen LogP contribution < -0.4 is 10.6 Å². The second-order valence-corrected chi connectivity index (χ2v) is 7.62. The van der Waals surface area contributed by atoms with E-state index in [9.17, 15) is 0 Å². The van der Waals surface area contributed by atoms with E-state index in [1.807, 2.05) is 18.5 Å². The first kappa shape index (κ1) is 22.6. The molecule has 0 aliphatic carbocycles. The van der Waals surface area contributed by atoms with Crippen molar-refractivity contribution in [2.24, 2.45) is 4.99 Å². The number of imidazole rings is 1. The zero-order valence-corrected chi connectivity index (χ0v) is 19.9. The fourth-order valence-corrected chi connectivity index (χ4v) is 3.72. The second-order valence-electron chi connectivity index (χ2n) is 6.42. The van der Waals surface area contributed by atoms with Gasteiger partial charge in [0, 0.05) is 55.9 Å². The van der Waals surface area contributed by atoms with E-state index in [4.69, 9.17) is 4.98 Å². The summed E-state index contributed by atoms with van der Waals surface area (Å²) in [5, 5.41) is 7.87. The summed E-state index contributed by atoms with van der Waals surface area (Å²) in [4.78, 5) is 15.2. The van der Waals surface area contributed by atoms with Crippen LogP contribution in [0.3, 0.4) is 0 Å². The Bertz CT molecular complexity index is 901. The van der Waals surface area contributed by atoms with Crippen molar-refractivity contribution in [2.45, 2.75) is 40.0 Å². The van der Waals surface area contributed by atoms with Gasteiger partial charge in [-0.05, 0) is 31.9 Å². The Morgan fingerprint density at radius 2 is 2.11 bits per heavy atom. The van der Waals surface area contributed by atoms with E-state index in [0.29, 0.717) is 0 Å². The van der Waals surface area contributed by atoms with Crippen LogP contribution in [0.4, 0.5) is 0 Å². The Balaban J connectivity index is 0.00000280. The number of fused-ring (bicyclic) bond motifs is 1. The van der Waals surface area contributed by atoms with Crippen molar-refractivity contribution in [3.8, 4) is 0 Å². The van der Waals surface area contributed by atoms with Gasteiger partial charge >= 0.3 is 0 Å². The summed E-state index contributed by atoms with van der Waals surface area (Å²) < 4.78 is 2.09. The van der Waals surface area contributed by atoms with Crippen LogP contribution in [0, 0.1) is 6.92 Å². The van der Waals surface area contributed by atoms with Gasteiger partial charge in [-0.1, -0.05) is 13.0 Å². The van der Waals surface area contributed by atoms with E-state index in [2.05, 4.69) is 58.0 Å². The number of guanidine groups is 1. The van der Waals surface area contributed by atoms with Gasteiger partial charge < -0.3 is 15.0 Å². The number of rotatable bonds is 8. The molecule has 0 atom stereocenters. The quantitative estimate of drug-likeness (QED) is 0.275. The van der Waals surface area contributed by atoms with Crippen LogP contribution in [0.15, 0.2) is 35.7 Å². The summed E-state index contributed by atoms with van der Waals surface area (Å²) in [6.07, 6.45) is 8.91. The number of hydrogen-bond acceptors (Lipinski definition) is 4. The number of pyridine rings is 1. The summed E-state index contributed by atoms with van der Waals surface area (Å²) in [5.74, 6) is 0.852. The maximum absolute atomic E-state index is 4.72. The Morgan fingerprint density at radius 3 is 2.82 bits per heavy atom. The number of nitrogens with zero attached hydrogens (tertiary/aromatic N) is 4. The number of halogens is 1. The topological polar surface area (TPSA) is 66.6 Å². The molecule has 6 nitrogen and oxygen atoms in total. The molecule has 8 heteroatoms. The van der Waals surface area contributed by atoms with Gasteiger partial charge in [0.25, 0.3) is 0 Å². The highest BCUT2D eigenvalue weighted by Gasteiger charge is 2.05. The highest BCUT2D eigenvalue weighted by Crippen LogP contribution is 2.13. The van der Waals surface area contributed by atoms with E-state index in [-0.39, 0.29) is 24.0 Å². The van der Waals surface area contributed by atoms with Crippen molar-refractivity contribution in [2.75, 3.05) is 19.6 Å². The summed E-state index contributed by atoms with van der Waals surface area (Å²) >= 11 is 1.78. The minimum Gasteiger partial charge on any atom is -0.357 e. The van der Waals surface area contributed by atoms with Crippen LogP contribution in [-0.2, 0) is 19.3 Å². The van der Waals surface area contributed by atoms with Crippen LogP contribution in [0.2, 0.25) is 0 Å². The number of nitrogens with one attached hydrogen (secondary N) is 2. The van der Waals surface area contributed by atoms with Gasteiger partial charge in [0.15, 0.2) is 5.96 Å². The van der Waals surface area contributed by atoms with Crippen LogP contribution in [0.1, 0.15) is 35.0 Å². The Morgan fingerprint density at radius 1 is 1.25 bits per heavy atom. The SMILES string of the molecule is CCNC(=NCCc1ncc(CC)s1)NCCc1cn2cccc(C)c2n1.I. The van der Waals surface area contributed by atoms with Crippen LogP contribution in [0.25, 0.3) is 5.65 Å². The van der Waals surface area contributed by atoms with E-state index >= 15 is 0 Å². The average Bonchev–Trinajstić information content (AvgIpc) is 3.29. The van der Waals surface area contributed by atoms with E-state index in [1.54, 1.807) is 11.3 Å². The number of hydrogen-bond donors (Lipinski definition) is 2. The third-order valence-electron chi connectivity index (χ3n) is 4.29. The molecule has 0 radical (unpaired) electrons. The van der Waals surface area contributed by atoms with E-state index in [0.717, 1.165) is 61.2 Å². The van der Waals surface area contributed by atoms with Gasteiger partial charge in [-0.3, -0.25) is 4.99 Å². The molecule has 0 saturated carbocycles. The molecule has 3 aromatic rings. The third kappa shape index (κ3) is 6.16. The fourth-order valence-electron chi connectivity index (χ4n) is 2.87. The first-order chi connectivity index (χ1) is 13.2. The zero-order valence-electron chi connectivity index (χ0n) is 16.7. The molecule has 28 heavy (non-hydrogen) atoms. The van der Waals surface area contributed by atoms with Crippen LogP contribution >= 0.6 is 35.3 Å². The van der Waals surface area contributed by atoms with Crippen molar-refractivity contribution in [3.63, 3.8) is 0 Å². The monoisotopic (exact) mass is 512 g/mol. The van der Waals surface area contributed by atoms with Gasteiger partial charge in [-0.25, -0.2) is 9.97 Å². The van der Waals surface area contributed by atoms with Crippen molar-refractivity contribution >= 4 is 46.9 Å². The molecule has 2 N–H and O–H groups in total. The smallest absolute Gasteiger partial charge is 0.191 e. The molecule has 0 amide bonds. The molecule has 3 aromatic heterocycles. The Hall–Kier alpha value is -1.68. The average molecular weight is 512 g/mol. The standard InChI is InChI=1S/C20H28N6S.HI/c1-4-17-13-24-18(27-17)9-11-23-20(21-5-2)22-10-8-16-14-26-12-6-7-15(3)19(26)25-16;/h6-7,12-14H,4-5,8-11H2,1-3H3,(H2,21,22,23);1H. The van der Waals surface area contributed by atoms with Gasteiger partial charge in [0.2, 0.25) is 0 Å². The molecular weight excluding hydrogens is 483 g/mol. The van der Waals surface area contributed by atoms with Gasteiger partial charge in [-0.2, -0.15) is 0 Å². The summed E-state index contributed by atoms with van der Waals surface area (Å²) in [7, 11) is 0. The maximum atomic E-state index is 4.72. The van der Waals surface area contributed by atoms with Crippen LogP contribution in [0.5, 0.6) is 0 Å². The van der Waals surface area contributed by atoms with Gasteiger partial charge in [-0.15, -0.1) is 35.3 Å². The molecule has 0 saturated heterocycles. The first-order valence-corrected chi connectivity index (χ1v) is 10.4. The van der Waals surface area contributed by atoms with E-state index < -0.39 is 0 Å². The molecule has 3 heterocycles. The number of aromatic nitrogens is 3. The van der Waals surface area contributed by atoms with Crippen molar-refractivity contribution in [1.29, 1.82) is 0 Å². The minimum absolute atomic E-state index is 0. The molecular formula is C20H29IN6S. The lowest BCUT2D eigenvalue weighted by molar-refractivity contribution is 0.788. The Labute approximate surface area is 187 Å². The highest BCUT2D eigenvalue weighted by atomic mass is 127. The maximum Gasteiger partial charge on any atom is 0.191 e. The third-order valence-corrected chi connectivity index (χ3v) is 5.49. The summed E-state index contributed by atoms with van der Waals surface area (Å²) in [5.41, 5.74) is 3.31. The van der Waals surface area contributed by atoms with Gasteiger partial charge in [0.05, 0.1) is 10.7 Å². The fraction of sp³-hybridized carbons (Fsp3) is 0.450. The second kappa shape index (κ2) is 11.4. The van der Waals surface area contributed by atoms with Crippen molar-refractivity contribution < 1.29 is 0 Å². The predicted octanol–water partition coefficient (Wildman–Crippen LogP) is 3.62. The molecule has 152 valence electrons. The lowest BCUT2D eigenvalue weighted by Crippen LogP contribution is -2.38. The Kier molecular flexibility index (Phi) is 9.17. The minimum atomic E-state index is 0. The largest absolute Gasteiger partial charge is 0.357 e. The molecule has 3 rings (SSSR count). The molecule has 0 aliphatic heterocycles. The van der Waals surface area contributed by atoms with Gasteiger partial charge in [0.1, 0.15) is 5.65 Å². The molecule has 0 spiro atoms. The molecule has 0 unspecified atom stereocenters. The lowest BCUT2D eigenvalue weighted by Gasteiger charge is -2.10. The predicted molar refractivity (Wildman–Crippen MR) is 128 cm³/mol. The number of thiazole rings is 1. The van der Waals surface area contributed by atoms with Crippen LogP contribution in [-0.4, -0.2) is 40.0 Å². The molecule has 0 aliphatic rings. The lowest BCUT2D eigenvalue weighted by atomic mass is 10.3. The normalized spacial score (nSPS) is 11.5. The van der Waals surface area contributed by atoms with Crippen molar-refractivity contribution in [1.82, 2.24) is 25.0 Å². The number of aliphatic imine (C=N–C) groups is 1. The summed E-state index contributed by atoms with van der Waals surface area (Å²) in [6.45, 7) is 8.71. The molecule has 0 fully saturated rings. The van der Waals surface area contributed by atoms with Crippen molar-refractivity contribution in [3.05, 3.63) is 51.9 Å². The molecule has 0 bridgehead atoms. The highest BCUT2D eigenvalue weighted by molar-refractivity contribution is 14.0. The zero-order chi connectivity index (χ0) is 19.1. The van der Waals surface area contributed by atoms with E-state index in [1.165, 1.54) is 10.4 Å². The molecule has 0 aromatic carbocycles. The summed E-state index contributed by atoms with van der Waals surface area (Å²) in [6, 6.07) is 4.14. The first-order valence-electron chi connectivity index (χ1n) is 9.58. The number of aryl methyl sites for hydroxylation is 2.